The van der Waals surface area contributed by atoms with E-state index in [1.165, 1.54) is 0 Å². The summed E-state index contributed by atoms with van der Waals surface area (Å²) in [6, 6.07) is 2.32. The second-order valence-corrected chi connectivity index (χ2v) is 4.67. The summed E-state index contributed by atoms with van der Waals surface area (Å²) in [5.41, 5.74) is 1.37. The molecule has 1 amide bonds. The molecular formula is C14H24N4O. The van der Waals surface area contributed by atoms with Gasteiger partial charge in [-0.2, -0.15) is 0 Å². The van der Waals surface area contributed by atoms with E-state index in [1.807, 2.05) is 0 Å². The molecule has 106 valence electrons. The maximum Gasteiger partial charge on any atom is 0.254 e. The largest absolute Gasteiger partial charge is 0.387 e. The van der Waals surface area contributed by atoms with Crippen LogP contribution in [-0.4, -0.2) is 49.0 Å². The molecule has 0 aliphatic rings. The fourth-order valence-corrected chi connectivity index (χ4v) is 1.77. The summed E-state index contributed by atoms with van der Waals surface area (Å²) in [5.74, 6) is -0.0880. The third kappa shape index (κ3) is 4.52. The molecule has 1 heterocycles. The average Bonchev–Trinajstić information content (AvgIpc) is 2.45. The molecule has 2 N–H and O–H groups in total. The minimum atomic E-state index is -0.0880. The maximum atomic E-state index is 12.0. The number of anilines is 1. The Morgan fingerprint density at radius 1 is 1.53 bits per heavy atom. The molecule has 1 aromatic heterocycles. The first kappa shape index (κ1) is 15.4. The van der Waals surface area contributed by atoms with Crippen molar-refractivity contribution in [1.29, 1.82) is 0 Å². The first-order valence-corrected chi connectivity index (χ1v) is 6.70. The van der Waals surface area contributed by atoms with E-state index in [0.29, 0.717) is 18.2 Å². The molecule has 0 radical (unpaired) electrons. The molecule has 1 unspecified atom stereocenters. The lowest BCUT2D eigenvalue weighted by Gasteiger charge is -2.23. The summed E-state index contributed by atoms with van der Waals surface area (Å²) in [4.78, 5) is 18.3. The standard InChI is InChI=1S/C14H24N4O/c1-5-11(2)18(4)9-8-17-14(19)12-10-16-7-6-13(12)15-3/h6-7,10-11H,5,8-9H2,1-4H3,(H,15,16)(H,17,19). The Morgan fingerprint density at radius 3 is 2.89 bits per heavy atom. The van der Waals surface area contributed by atoms with E-state index < -0.39 is 0 Å². The second kappa shape index (κ2) is 7.74. The molecule has 0 spiro atoms. The summed E-state index contributed by atoms with van der Waals surface area (Å²) in [6.45, 7) is 5.82. The fourth-order valence-electron chi connectivity index (χ4n) is 1.77. The molecule has 0 saturated heterocycles. The molecular weight excluding hydrogens is 240 g/mol. The lowest BCUT2D eigenvalue weighted by atomic mass is 10.2. The predicted molar refractivity (Wildman–Crippen MR) is 78.5 cm³/mol. The number of aromatic nitrogens is 1. The third-order valence-electron chi connectivity index (χ3n) is 3.43. The van der Waals surface area contributed by atoms with Crippen LogP contribution in [0.25, 0.3) is 0 Å². The Morgan fingerprint density at radius 2 is 2.26 bits per heavy atom. The predicted octanol–water partition coefficient (Wildman–Crippen LogP) is 1.58. The molecule has 0 fully saturated rings. The van der Waals surface area contributed by atoms with Crippen molar-refractivity contribution >= 4 is 11.6 Å². The van der Waals surface area contributed by atoms with Crippen molar-refractivity contribution < 1.29 is 4.79 Å². The number of carbonyl (C=O) groups is 1. The van der Waals surface area contributed by atoms with Gasteiger partial charge in [-0.1, -0.05) is 6.92 Å². The molecule has 1 aromatic rings. The maximum absolute atomic E-state index is 12.0. The van der Waals surface area contributed by atoms with E-state index >= 15 is 0 Å². The Hall–Kier alpha value is -1.62. The van der Waals surface area contributed by atoms with E-state index in [2.05, 4.69) is 41.4 Å². The fraction of sp³-hybridized carbons (Fsp3) is 0.571. The van der Waals surface area contributed by atoms with Gasteiger partial charge in [-0.15, -0.1) is 0 Å². The summed E-state index contributed by atoms with van der Waals surface area (Å²) < 4.78 is 0. The lowest BCUT2D eigenvalue weighted by molar-refractivity contribution is 0.0948. The number of amides is 1. The van der Waals surface area contributed by atoms with Crippen molar-refractivity contribution in [2.24, 2.45) is 0 Å². The van der Waals surface area contributed by atoms with E-state index in [9.17, 15) is 4.79 Å². The highest BCUT2D eigenvalue weighted by molar-refractivity contribution is 5.99. The van der Waals surface area contributed by atoms with Crippen LogP contribution in [0.2, 0.25) is 0 Å². The van der Waals surface area contributed by atoms with Gasteiger partial charge >= 0.3 is 0 Å². The molecule has 0 aliphatic carbocycles. The molecule has 0 saturated carbocycles. The molecule has 1 rings (SSSR count). The number of nitrogens with zero attached hydrogens (tertiary/aromatic N) is 2. The number of nitrogens with one attached hydrogen (secondary N) is 2. The van der Waals surface area contributed by atoms with E-state index in [0.717, 1.165) is 18.7 Å². The van der Waals surface area contributed by atoms with Crippen molar-refractivity contribution in [3.8, 4) is 0 Å². The lowest BCUT2D eigenvalue weighted by Crippen LogP contribution is -2.37. The number of pyridine rings is 1. The Labute approximate surface area is 115 Å². The zero-order valence-electron chi connectivity index (χ0n) is 12.2. The molecule has 5 nitrogen and oxygen atoms in total. The van der Waals surface area contributed by atoms with Crippen LogP contribution in [-0.2, 0) is 0 Å². The van der Waals surface area contributed by atoms with Gasteiger partial charge in [0.1, 0.15) is 0 Å². The molecule has 5 heteroatoms. The first-order valence-electron chi connectivity index (χ1n) is 6.70. The normalized spacial score (nSPS) is 12.3. The van der Waals surface area contributed by atoms with Gasteiger partial charge in [0.05, 0.1) is 5.56 Å². The summed E-state index contributed by atoms with van der Waals surface area (Å²) in [7, 11) is 3.87. The number of carbonyl (C=O) groups excluding carboxylic acids is 1. The number of likely N-dealkylation sites (N-methyl/N-ethyl adjacent to an activating group) is 1. The van der Waals surface area contributed by atoms with Crippen molar-refractivity contribution in [1.82, 2.24) is 15.2 Å². The zero-order chi connectivity index (χ0) is 14.3. The quantitative estimate of drug-likeness (QED) is 0.785. The summed E-state index contributed by atoms with van der Waals surface area (Å²) in [6.07, 6.45) is 4.36. The van der Waals surface area contributed by atoms with Gasteiger partial charge in [0.25, 0.3) is 5.91 Å². The number of rotatable bonds is 7. The Balaban J connectivity index is 2.47. The van der Waals surface area contributed by atoms with Crippen molar-refractivity contribution in [2.75, 3.05) is 32.5 Å². The van der Waals surface area contributed by atoms with E-state index in [4.69, 9.17) is 0 Å². The highest BCUT2D eigenvalue weighted by Gasteiger charge is 2.11. The average molecular weight is 264 g/mol. The molecule has 0 aromatic carbocycles. The third-order valence-corrected chi connectivity index (χ3v) is 3.43. The number of hydrogen-bond donors (Lipinski definition) is 2. The van der Waals surface area contributed by atoms with Gasteiger partial charge in [0.2, 0.25) is 0 Å². The Bertz CT molecular complexity index is 408. The van der Waals surface area contributed by atoms with Crippen LogP contribution in [0.1, 0.15) is 30.6 Å². The van der Waals surface area contributed by atoms with Gasteiger partial charge < -0.3 is 15.5 Å². The Kier molecular flexibility index (Phi) is 6.29. The smallest absolute Gasteiger partial charge is 0.254 e. The minimum absolute atomic E-state index is 0.0880. The summed E-state index contributed by atoms with van der Waals surface area (Å²) >= 11 is 0. The molecule has 19 heavy (non-hydrogen) atoms. The van der Waals surface area contributed by atoms with Crippen LogP contribution in [0.3, 0.4) is 0 Å². The van der Waals surface area contributed by atoms with Crippen molar-refractivity contribution in [3.63, 3.8) is 0 Å². The van der Waals surface area contributed by atoms with Gasteiger partial charge in [-0.25, -0.2) is 0 Å². The van der Waals surface area contributed by atoms with Crippen LogP contribution in [0.15, 0.2) is 18.5 Å². The first-order chi connectivity index (χ1) is 9.10. The monoisotopic (exact) mass is 264 g/mol. The number of hydrogen-bond acceptors (Lipinski definition) is 4. The van der Waals surface area contributed by atoms with Crippen molar-refractivity contribution in [2.45, 2.75) is 26.3 Å². The van der Waals surface area contributed by atoms with Crippen LogP contribution < -0.4 is 10.6 Å². The molecule has 0 bridgehead atoms. The van der Waals surface area contributed by atoms with Gasteiger partial charge in [0, 0.05) is 44.3 Å². The highest BCUT2D eigenvalue weighted by atomic mass is 16.1. The molecule has 1 atom stereocenters. The zero-order valence-corrected chi connectivity index (χ0v) is 12.2. The van der Waals surface area contributed by atoms with Crippen LogP contribution in [0.4, 0.5) is 5.69 Å². The van der Waals surface area contributed by atoms with Crippen molar-refractivity contribution in [3.05, 3.63) is 24.0 Å². The van der Waals surface area contributed by atoms with Crippen LogP contribution in [0.5, 0.6) is 0 Å². The van der Waals surface area contributed by atoms with Gasteiger partial charge in [-0.05, 0) is 26.5 Å². The second-order valence-electron chi connectivity index (χ2n) is 4.67. The van der Waals surface area contributed by atoms with E-state index in [-0.39, 0.29) is 5.91 Å². The highest BCUT2D eigenvalue weighted by Crippen LogP contribution is 2.11. The van der Waals surface area contributed by atoms with E-state index in [1.54, 1.807) is 25.5 Å². The van der Waals surface area contributed by atoms with Crippen LogP contribution in [0, 0.1) is 0 Å². The minimum Gasteiger partial charge on any atom is -0.387 e. The van der Waals surface area contributed by atoms with Gasteiger partial charge in [-0.3, -0.25) is 9.78 Å². The van der Waals surface area contributed by atoms with Gasteiger partial charge in [0.15, 0.2) is 0 Å². The van der Waals surface area contributed by atoms with Crippen LogP contribution >= 0.6 is 0 Å². The SMILES string of the molecule is CCC(C)N(C)CCNC(=O)c1cnccc1NC. The topological polar surface area (TPSA) is 57.3 Å². The summed E-state index contributed by atoms with van der Waals surface area (Å²) in [5, 5.41) is 5.91. The molecule has 0 aliphatic heterocycles.